The van der Waals surface area contributed by atoms with Gasteiger partial charge in [0.15, 0.2) is 0 Å². The highest BCUT2D eigenvalue weighted by Crippen LogP contribution is 2.22. The van der Waals surface area contributed by atoms with E-state index in [1.807, 2.05) is 0 Å². The third kappa shape index (κ3) is 8.25. The molecule has 27 heavy (non-hydrogen) atoms. The summed E-state index contributed by atoms with van der Waals surface area (Å²) in [5.74, 6) is 0.473. The van der Waals surface area contributed by atoms with Gasteiger partial charge in [0.1, 0.15) is 0 Å². The lowest BCUT2D eigenvalue weighted by molar-refractivity contribution is -0.915. The van der Waals surface area contributed by atoms with Gasteiger partial charge in [-0.1, -0.05) is 60.7 Å². The minimum atomic E-state index is 0.473. The van der Waals surface area contributed by atoms with E-state index in [1.54, 1.807) is 14.7 Å². The molecule has 0 aliphatic carbocycles. The molecule has 0 aliphatic heterocycles. The summed E-state index contributed by atoms with van der Waals surface area (Å²) in [6.07, 6.45) is 2.59. The largest absolute Gasteiger partial charge is 0.340 e. The zero-order valence-electron chi connectivity index (χ0n) is 17.8. The summed E-state index contributed by atoms with van der Waals surface area (Å²) >= 11 is 0. The lowest BCUT2D eigenvalue weighted by Gasteiger charge is -2.26. The van der Waals surface area contributed by atoms with Crippen molar-refractivity contribution in [1.29, 1.82) is 0 Å². The molecule has 2 aromatic rings. The van der Waals surface area contributed by atoms with Crippen LogP contribution >= 0.6 is 0 Å². The summed E-state index contributed by atoms with van der Waals surface area (Å²) in [5.41, 5.74) is 2.88. The van der Waals surface area contributed by atoms with Crippen LogP contribution in [-0.4, -0.2) is 60.9 Å². The van der Waals surface area contributed by atoms with Crippen molar-refractivity contribution in [2.24, 2.45) is 0 Å². The molecule has 0 amide bonds. The average molecular weight is 371 g/mol. The maximum atomic E-state index is 2.29. The van der Waals surface area contributed by atoms with Crippen molar-refractivity contribution < 1.29 is 14.7 Å². The van der Waals surface area contributed by atoms with Crippen LogP contribution in [0.15, 0.2) is 60.7 Å². The molecule has 0 fully saturated rings. The Morgan fingerprint density at radius 3 is 1.37 bits per heavy atom. The molecule has 0 saturated heterocycles. The SMILES string of the molecule is C[NH+](C)CCC[NH+](CCC[NH+](C)C)CC(c1ccccc1)c1ccccc1. The Bertz CT molecular complexity index is 557. The van der Waals surface area contributed by atoms with E-state index in [0.717, 1.165) is 0 Å². The fraction of sp³-hybridized carbons (Fsp3) is 0.500. The molecule has 0 radical (unpaired) electrons. The summed E-state index contributed by atoms with van der Waals surface area (Å²) in [7, 11) is 9.02. The normalized spacial score (nSPS) is 11.9. The molecule has 0 heterocycles. The van der Waals surface area contributed by atoms with Gasteiger partial charge in [0.05, 0.1) is 66.8 Å². The molecule has 2 rings (SSSR count). The van der Waals surface area contributed by atoms with E-state index < -0.39 is 0 Å². The molecule has 0 aliphatic rings. The number of hydrogen-bond donors (Lipinski definition) is 3. The summed E-state index contributed by atoms with van der Waals surface area (Å²) < 4.78 is 0. The van der Waals surface area contributed by atoms with E-state index in [1.165, 1.54) is 56.7 Å². The van der Waals surface area contributed by atoms with Gasteiger partial charge in [0.2, 0.25) is 0 Å². The van der Waals surface area contributed by atoms with Crippen molar-refractivity contribution in [2.75, 3.05) is 60.9 Å². The molecule has 0 aromatic heterocycles. The Morgan fingerprint density at radius 1 is 0.593 bits per heavy atom. The van der Waals surface area contributed by atoms with Crippen LogP contribution in [0.3, 0.4) is 0 Å². The van der Waals surface area contributed by atoms with Gasteiger partial charge < -0.3 is 14.7 Å². The van der Waals surface area contributed by atoms with E-state index in [2.05, 4.69) is 88.9 Å². The molecule has 0 bridgehead atoms. The molecule has 0 saturated carbocycles. The van der Waals surface area contributed by atoms with Crippen LogP contribution in [0.4, 0.5) is 0 Å². The minimum Gasteiger partial charge on any atom is -0.340 e. The fourth-order valence-electron chi connectivity index (χ4n) is 3.80. The van der Waals surface area contributed by atoms with E-state index in [4.69, 9.17) is 0 Å². The van der Waals surface area contributed by atoms with E-state index >= 15 is 0 Å². The molecule has 3 heteroatoms. The molecular weight excluding hydrogens is 330 g/mol. The quantitative estimate of drug-likeness (QED) is 0.457. The zero-order chi connectivity index (χ0) is 19.5. The molecule has 0 unspecified atom stereocenters. The van der Waals surface area contributed by atoms with Gasteiger partial charge in [-0.15, -0.1) is 0 Å². The van der Waals surface area contributed by atoms with Crippen molar-refractivity contribution in [2.45, 2.75) is 18.8 Å². The van der Waals surface area contributed by atoms with Crippen LogP contribution in [0.5, 0.6) is 0 Å². The predicted molar refractivity (Wildman–Crippen MR) is 115 cm³/mol. The van der Waals surface area contributed by atoms with Crippen LogP contribution in [0, 0.1) is 0 Å². The standard InChI is InChI=1S/C24H37N3/c1-25(2)17-11-19-27(20-12-18-26(3)4)21-24(22-13-7-5-8-14-22)23-15-9-6-10-16-23/h5-10,13-16,24H,11-12,17-21H2,1-4H3/p+3. The third-order valence-electron chi connectivity index (χ3n) is 5.31. The first kappa shape index (κ1) is 21.6. The molecule has 0 spiro atoms. The molecular formula is C24H40N3+3. The van der Waals surface area contributed by atoms with Crippen LogP contribution in [0.2, 0.25) is 0 Å². The second kappa shape index (κ2) is 11.9. The van der Waals surface area contributed by atoms with E-state index in [-0.39, 0.29) is 0 Å². The maximum absolute atomic E-state index is 2.29. The Morgan fingerprint density at radius 2 is 1.00 bits per heavy atom. The zero-order valence-corrected chi connectivity index (χ0v) is 17.8. The smallest absolute Gasteiger partial charge is 0.0881 e. The fourth-order valence-corrected chi connectivity index (χ4v) is 3.80. The van der Waals surface area contributed by atoms with Crippen molar-refractivity contribution >= 4 is 0 Å². The van der Waals surface area contributed by atoms with Gasteiger partial charge in [-0.25, -0.2) is 0 Å². The number of quaternary nitrogens is 3. The highest BCUT2D eigenvalue weighted by Gasteiger charge is 2.21. The van der Waals surface area contributed by atoms with Gasteiger partial charge in [0.25, 0.3) is 0 Å². The van der Waals surface area contributed by atoms with Gasteiger partial charge in [-0.3, -0.25) is 0 Å². The van der Waals surface area contributed by atoms with Crippen LogP contribution < -0.4 is 14.7 Å². The summed E-state index contributed by atoms with van der Waals surface area (Å²) in [5, 5.41) is 0. The van der Waals surface area contributed by atoms with Gasteiger partial charge >= 0.3 is 0 Å². The number of nitrogens with one attached hydrogen (secondary N) is 3. The third-order valence-corrected chi connectivity index (χ3v) is 5.31. The first-order chi connectivity index (χ1) is 13.1. The monoisotopic (exact) mass is 370 g/mol. The van der Waals surface area contributed by atoms with Gasteiger partial charge in [-0.2, -0.15) is 0 Å². The van der Waals surface area contributed by atoms with Gasteiger partial charge in [0, 0.05) is 12.8 Å². The second-order valence-corrected chi connectivity index (χ2v) is 8.45. The van der Waals surface area contributed by atoms with Crippen molar-refractivity contribution in [3.8, 4) is 0 Å². The summed E-state index contributed by atoms with van der Waals surface area (Å²) in [6.45, 7) is 6.22. The molecule has 2 aromatic carbocycles. The van der Waals surface area contributed by atoms with Crippen LogP contribution in [0.25, 0.3) is 0 Å². The molecule has 3 nitrogen and oxygen atoms in total. The van der Waals surface area contributed by atoms with Crippen LogP contribution in [0.1, 0.15) is 29.9 Å². The number of benzene rings is 2. The first-order valence-corrected chi connectivity index (χ1v) is 10.6. The number of rotatable bonds is 12. The lowest BCUT2D eigenvalue weighted by atomic mass is 9.90. The van der Waals surface area contributed by atoms with Crippen molar-refractivity contribution in [1.82, 2.24) is 0 Å². The summed E-state index contributed by atoms with van der Waals surface area (Å²) in [6, 6.07) is 22.1. The topological polar surface area (TPSA) is 13.3 Å². The Kier molecular flexibility index (Phi) is 9.54. The van der Waals surface area contributed by atoms with Crippen molar-refractivity contribution in [3.63, 3.8) is 0 Å². The first-order valence-electron chi connectivity index (χ1n) is 10.6. The molecule has 0 atom stereocenters. The second-order valence-electron chi connectivity index (χ2n) is 8.45. The maximum Gasteiger partial charge on any atom is 0.0881 e. The molecule has 3 N–H and O–H groups in total. The molecule has 148 valence electrons. The van der Waals surface area contributed by atoms with Gasteiger partial charge in [-0.05, 0) is 11.1 Å². The van der Waals surface area contributed by atoms with Crippen molar-refractivity contribution in [3.05, 3.63) is 71.8 Å². The van der Waals surface area contributed by atoms with E-state index in [0.29, 0.717) is 5.92 Å². The van der Waals surface area contributed by atoms with Crippen LogP contribution in [-0.2, 0) is 0 Å². The lowest BCUT2D eigenvalue weighted by Crippen LogP contribution is -3.14. The Balaban J connectivity index is 2.12. The highest BCUT2D eigenvalue weighted by molar-refractivity contribution is 5.32. The van der Waals surface area contributed by atoms with E-state index in [9.17, 15) is 0 Å². The summed E-state index contributed by atoms with van der Waals surface area (Å²) in [4.78, 5) is 4.85. The minimum absolute atomic E-state index is 0.473. The Labute approximate surface area is 166 Å². The predicted octanol–water partition coefficient (Wildman–Crippen LogP) is -0.227. The highest BCUT2D eigenvalue weighted by atomic mass is 15.1. The Hall–Kier alpha value is -1.68. The average Bonchev–Trinajstić information content (AvgIpc) is 2.66. The number of hydrogen-bond acceptors (Lipinski definition) is 0.